The topological polar surface area (TPSA) is 72.6 Å². The van der Waals surface area contributed by atoms with Crippen LogP contribution in [0.4, 0.5) is 0 Å². The smallest absolute Gasteiger partial charge is 0.341 e. The van der Waals surface area contributed by atoms with E-state index in [4.69, 9.17) is 20.9 Å². The Hall–Kier alpha value is -2.79. The molecule has 0 unspecified atom stereocenters. The van der Waals surface area contributed by atoms with Gasteiger partial charge in [-0.1, -0.05) is 16.8 Å². The summed E-state index contributed by atoms with van der Waals surface area (Å²) in [4.78, 5) is 11.3. The van der Waals surface area contributed by atoms with Gasteiger partial charge in [0.15, 0.2) is 0 Å². The van der Waals surface area contributed by atoms with Gasteiger partial charge in [-0.2, -0.15) is 0 Å². The van der Waals surface area contributed by atoms with Crippen molar-refractivity contribution in [2.75, 3.05) is 0 Å². The van der Waals surface area contributed by atoms with Gasteiger partial charge >= 0.3 is 5.97 Å². The molecule has 3 aromatic rings. The first-order chi connectivity index (χ1) is 11.0. The highest BCUT2D eigenvalue weighted by Crippen LogP contribution is 2.29. The Balaban J connectivity index is 1.85. The Kier molecular flexibility index (Phi) is 4.04. The molecule has 1 N–H and O–H groups in total. The fraction of sp³-hybridized carbons (Fsp3) is 0.0588. The van der Waals surface area contributed by atoms with E-state index in [9.17, 15) is 9.90 Å². The number of aromatic nitrogens is 1. The Bertz CT molecular complexity index is 838. The van der Waals surface area contributed by atoms with E-state index >= 15 is 0 Å². The van der Waals surface area contributed by atoms with Crippen LogP contribution in [-0.2, 0) is 0 Å². The molecule has 23 heavy (non-hydrogen) atoms. The number of rotatable bonds is 4. The Morgan fingerprint density at radius 2 is 1.65 bits per heavy atom. The van der Waals surface area contributed by atoms with Crippen molar-refractivity contribution in [3.63, 3.8) is 0 Å². The predicted octanol–water partition coefficient (Wildman–Crippen LogP) is 4.79. The SMILES string of the molecule is Cc1onc(-c2ccc(Oc3ccc(Cl)cc3)cc2)c1C(=O)O. The summed E-state index contributed by atoms with van der Waals surface area (Å²) in [6, 6.07) is 13.9. The van der Waals surface area contributed by atoms with Crippen LogP contribution in [0.25, 0.3) is 11.3 Å². The molecule has 0 spiro atoms. The molecule has 0 fully saturated rings. The maximum absolute atomic E-state index is 11.3. The van der Waals surface area contributed by atoms with E-state index in [0.29, 0.717) is 27.8 Å². The second kappa shape index (κ2) is 6.14. The number of benzene rings is 2. The normalized spacial score (nSPS) is 10.5. The minimum absolute atomic E-state index is 0.0661. The van der Waals surface area contributed by atoms with Crippen LogP contribution in [0, 0.1) is 6.92 Å². The summed E-state index contributed by atoms with van der Waals surface area (Å²) in [6.07, 6.45) is 0. The maximum Gasteiger partial charge on any atom is 0.341 e. The second-order valence-electron chi connectivity index (χ2n) is 4.85. The molecule has 0 radical (unpaired) electrons. The van der Waals surface area contributed by atoms with E-state index in [-0.39, 0.29) is 11.3 Å². The molecule has 116 valence electrons. The molecule has 3 rings (SSSR count). The highest BCUT2D eigenvalue weighted by atomic mass is 35.5. The highest BCUT2D eigenvalue weighted by molar-refractivity contribution is 6.30. The van der Waals surface area contributed by atoms with Gasteiger partial charge in [-0.15, -0.1) is 0 Å². The van der Waals surface area contributed by atoms with E-state index in [1.807, 2.05) is 0 Å². The lowest BCUT2D eigenvalue weighted by molar-refractivity contribution is 0.0696. The number of hydrogen-bond donors (Lipinski definition) is 1. The van der Waals surface area contributed by atoms with Gasteiger partial charge in [-0.3, -0.25) is 0 Å². The standard InChI is InChI=1S/C17H12ClNO4/c1-10-15(17(20)21)16(19-23-10)11-2-6-13(7-3-11)22-14-8-4-12(18)5-9-14/h2-9H,1H3,(H,20,21). The van der Waals surface area contributed by atoms with Gasteiger partial charge in [0, 0.05) is 10.6 Å². The molecule has 6 heteroatoms. The molecular weight excluding hydrogens is 318 g/mol. The number of carboxylic acid groups (broad SMARTS) is 1. The van der Waals surface area contributed by atoms with Crippen molar-refractivity contribution in [2.45, 2.75) is 6.92 Å². The molecule has 2 aromatic carbocycles. The molecule has 1 aromatic heterocycles. The first-order valence-electron chi connectivity index (χ1n) is 6.78. The van der Waals surface area contributed by atoms with Gasteiger partial charge in [0.05, 0.1) is 0 Å². The van der Waals surface area contributed by atoms with Crippen LogP contribution in [0.5, 0.6) is 11.5 Å². The molecule has 0 atom stereocenters. The van der Waals surface area contributed by atoms with Crippen LogP contribution < -0.4 is 4.74 Å². The lowest BCUT2D eigenvalue weighted by Gasteiger charge is -2.06. The zero-order valence-electron chi connectivity index (χ0n) is 12.1. The van der Waals surface area contributed by atoms with Crippen molar-refractivity contribution in [1.82, 2.24) is 5.16 Å². The van der Waals surface area contributed by atoms with Gasteiger partial charge in [-0.25, -0.2) is 4.79 Å². The van der Waals surface area contributed by atoms with Gasteiger partial charge in [0.25, 0.3) is 0 Å². The zero-order chi connectivity index (χ0) is 16.4. The van der Waals surface area contributed by atoms with Crippen LogP contribution >= 0.6 is 11.6 Å². The number of aryl methyl sites for hydroxylation is 1. The Labute approximate surface area is 137 Å². The quantitative estimate of drug-likeness (QED) is 0.744. The fourth-order valence-corrected chi connectivity index (χ4v) is 2.27. The summed E-state index contributed by atoms with van der Waals surface area (Å²) in [7, 11) is 0. The molecular formula is C17H12ClNO4. The number of halogens is 1. The molecule has 0 aliphatic carbocycles. The van der Waals surface area contributed by atoms with E-state index in [2.05, 4.69) is 5.16 Å². The van der Waals surface area contributed by atoms with E-state index in [1.165, 1.54) is 0 Å². The largest absolute Gasteiger partial charge is 0.477 e. The summed E-state index contributed by atoms with van der Waals surface area (Å²) in [5.74, 6) is 0.480. The second-order valence-corrected chi connectivity index (χ2v) is 5.28. The van der Waals surface area contributed by atoms with Crippen molar-refractivity contribution >= 4 is 17.6 Å². The highest BCUT2D eigenvalue weighted by Gasteiger charge is 2.20. The van der Waals surface area contributed by atoms with E-state index < -0.39 is 5.97 Å². The van der Waals surface area contributed by atoms with Crippen LogP contribution in [-0.4, -0.2) is 16.2 Å². The fourth-order valence-electron chi connectivity index (χ4n) is 2.14. The molecule has 0 saturated carbocycles. The summed E-state index contributed by atoms with van der Waals surface area (Å²) < 4.78 is 10.7. The first-order valence-corrected chi connectivity index (χ1v) is 7.16. The van der Waals surface area contributed by atoms with Gasteiger partial charge < -0.3 is 14.4 Å². The molecule has 1 heterocycles. The summed E-state index contributed by atoms with van der Waals surface area (Å²) >= 11 is 5.83. The van der Waals surface area contributed by atoms with Crippen molar-refractivity contribution in [3.8, 4) is 22.8 Å². The monoisotopic (exact) mass is 329 g/mol. The van der Waals surface area contributed by atoms with Crippen LogP contribution in [0.3, 0.4) is 0 Å². The van der Waals surface area contributed by atoms with Crippen molar-refractivity contribution < 1.29 is 19.2 Å². The third-order valence-electron chi connectivity index (χ3n) is 3.25. The number of carbonyl (C=O) groups is 1. The third-order valence-corrected chi connectivity index (χ3v) is 3.51. The van der Waals surface area contributed by atoms with E-state index in [1.54, 1.807) is 55.5 Å². The number of nitrogens with zero attached hydrogens (tertiary/aromatic N) is 1. The molecule has 0 aliphatic rings. The molecule has 0 bridgehead atoms. The van der Waals surface area contributed by atoms with Gasteiger partial charge in [0.2, 0.25) is 0 Å². The lowest BCUT2D eigenvalue weighted by atomic mass is 10.1. The van der Waals surface area contributed by atoms with Crippen LogP contribution in [0.2, 0.25) is 5.02 Å². The number of carboxylic acids is 1. The number of hydrogen-bond acceptors (Lipinski definition) is 4. The van der Waals surface area contributed by atoms with E-state index in [0.717, 1.165) is 0 Å². The molecule has 5 nitrogen and oxygen atoms in total. The van der Waals surface area contributed by atoms with Crippen molar-refractivity contribution in [3.05, 3.63) is 64.9 Å². The van der Waals surface area contributed by atoms with Gasteiger partial charge in [-0.05, 0) is 55.5 Å². The maximum atomic E-state index is 11.3. The zero-order valence-corrected chi connectivity index (χ0v) is 12.9. The van der Waals surface area contributed by atoms with Crippen LogP contribution in [0.15, 0.2) is 53.1 Å². The summed E-state index contributed by atoms with van der Waals surface area (Å²) in [5, 5.41) is 13.7. The minimum Gasteiger partial charge on any atom is -0.477 e. The molecule has 0 aliphatic heterocycles. The van der Waals surface area contributed by atoms with Crippen molar-refractivity contribution in [2.24, 2.45) is 0 Å². The Morgan fingerprint density at radius 1 is 1.09 bits per heavy atom. The average Bonchev–Trinajstić information content (AvgIpc) is 2.92. The van der Waals surface area contributed by atoms with Gasteiger partial charge in [0.1, 0.15) is 28.5 Å². The average molecular weight is 330 g/mol. The minimum atomic E-state index is -1.07. The molecule has 0 saturated heterocycles. The predicted molar refractivity (Wildman–Crippen MR) is 85.2 cm³/mol. The van der Waals surface area contributed by atoms with Crippen LogP contribution in [0.1, 0.15) is 16.1 Å². The summed E-state index contributed by atoms with van der Waals surface area (Å²) in [6.45, 7) is 1.57. The lowest BCUT2D eigenvalue weighted by Crippen LogP contribution is -1.99. The first kappa shape index (κ1) is 15.1. The number of ether oxygens (including phenoxy) is 1. The Morgan fingerprint density at radius 3 is 2.22 bits per heavy atom. The summed E-state index contributed by atoms with van der Waals surface area (Å²) in [5.41, 5.74) is 1.01. The molecule has 0 amide bonds. The van der Waals surface area contributed by atoms with Crippen molar-refractivity contribution in [1.29, 1.82) is 0 Å². The third kappa shape index (κ3) is 3.19. The number of aromatic carboxylic acids is 1.